The molecule has 1 amide bonds. The molecule has 0 aliphatic carbocycles. The van der Waals surface area contributed by atoms with Crippen LogP contribution in [0.1, 0.15) is 30.4 Å². The maximum absolute atomic E-state index is 12.8. The van der Waals surface area contributed by atoms with Crippen LogP contribution in [0.15, 0.2) is 65.7 Å². The summed E-state index contributed by atoms with van der Waals surface area (Å²) in [5, 5.41) is 22.3. The van der Waals surface area contributed by atoms with Gasteiger partial charge in [-0.05, 0) is 43.4 Å². The molecule has 248 valence electrons. The zero-order valence-electron chi connectivity index (χ0n) is 24.9. The number of benzene rings is 1. The number of pyridine rings is 1. The Balaban J connectivity index is 0.000000738. The summed E-state index contributed by atoms with van der Waals surface area (Å²) in [4.78, 5) is 56.2. The number of aromatic nitrogens is 3. The third-order valence-electron chi connectivity index (χ3n) is 6.94. The average molecular weight is 649 g/mol. The van der Waals surface area contributed by atoms with Gasteiger partial charge in [0.15, 0.2) is 0 Å². The van der Waals surface area contributed by atoms with E-state index >= 15 is 0 Å². The topological polar surface area (TPSA) is 176 Å². The highest BCUT2D eigenvalue weighted by molar-refractivity contribution is 5.73. The highest BCUT2D eigenvalue weighted by atomic mass is 19.4. The lowest BCUT2D eigenvalue weighted by atomic mass is 9.96. The van der Waals surface area contributed by atoms with E-state index in [4.69, 9.17) is 14.6 Å². The molecule has 16 heteroatoms. The third kappa shape index (κ3) is 11.7. The number of nitrogens with one attached hydrogen (secondary N) is 2. The molecule has 0 saturated carbocycles. The minimum Gasteiger partial charge on any atom is -0.481 e. The number of nitrogens with zero attached hydrogens (tertiary/aromatic N) is 4. The minimum atomic E-state index is -5.08. The lowest BCUT2D eigenvalue weighted by Crippen LogP contribution is -2.42. The number of carboxylic acids is 2. The quantitative estimate of drug-likeness (QED) is 0.239. The number of carboxylic acid groups (broad SMARTS) is 2. The fraction of sp³-hybridized carbons (Fsp3) is 0.400. The zero-order valence-corrected chi connectivity index (χ0v) is 24.9. The molecule has 46 heavy (non-hydrogen) atoms. The van der Waals surface area contributed by atoms with Gasteiger partial charge in [0.1, 0.15) is 18.2 Å². The number of aliphatic carboxylic acids is 2. The molecule has 2 aromatic heterocycles. The van der Waals surface area contributed by atoms with Gasteiger partial charge >= 0.3 is 29.9 Å². The first-order valence-corrected chi connectivity index (χ1v) is 14.3. The van der Waals surface area contributed by atoms with Gasteiger partial charge in [0.2, 0.25) is 0 Å². The molecular weight excluding hydrogens is 613 g/mol. The molecule has 3 heterocycles. The molecule has 1 aliphatic rings. The van der Waals surface area contributed by atoms with Crippen LogP contribution >= 0.6 is 0 Å². The first kappa shape index (κ1) is 35.3. The molecule has 4 rings (SSSR count). The van der Waals surface area contributed by atoms with Crippen LogP contribution in [-0.2, 0) is 27.5 Å². The van der Waals surface area contributed by atoms with Crippen molar-refractivity contribution in [1.82, 2.24) is 19.9 Å². The lowest BCUT2D eigenvalue weighted by molar-refractivity contribution is -0.192. The van der Waals surface area contributed by atoms with Crippen LogP contribution in [0.4, 0.5) is 29.6 Å². The van der Waals surface area contributed by atoms with E-state index in [-0.39, 0.29) is 19.6 Å². The van der Waals surface area contributed by atoms with E-state index in [0.29, 0.717) is 18.3 Å². The first-order chi connectivity index (χ1) is 21.8. The number of carbonyl (C=O) groups is 3. The van der Waals surface area contributed by atoms with E-state index in [1.54, 1.807) is 12.4 Å². The monoisotopic (exact) mass is 648 g/mol. The van der Waals surface area contributed by atoms with E-state index in [1.807, 2.05) is 55.5 Å². The predicted molar refractivity (Wildman–Crippen MR) is 160 cm³/mol. The molecule has 1 saturated heterocycles. The molecule has 13 nitrogen and oxygen atoms in total. The maximum atomic E-state index is 12.8. The number of aryl methyl sites for hydroxylation is 1. The Morgan fingerprint density at radius 1 is 1.07 bits per heavy atom. The second kappa shape index (κ2) is 16.8. The molecule has 0 radical (unpaired) electrons. The summed E-state index contributed by atoms with van der Waals surface area (Å²) in [5.41, 5.74) is 1.03. The fourth-order valence-corrected chi connectivity index (χ4v) is 4.60. The minimum absolute atomic E-state index is 0.0499. The molecule has 0 bridgehead atoms. The number of hydrogen-bond donors (Lipinski definition) is 4. The van der Waals surface area contributed by atoms with Crippen molar-refractivity contribution in [2.75, 3.05) is 29.9 Å². The molecule has 1 aromatic carbocycles. The van der Waals surface area contributed by atoms with Crippen molar-refractivity contribution < 1.29 is 42.5 Å². The SMILES string of the molecule is Cc1cn(CC(CC(=O)O)NC(=O)OCc2ccccc2)c(=O)nc1NCC1CCN(c2ccccn2)CC1.O=C(O)C(F)(F)F. The van der Waals surface area contributed by atoms with E-state index < -0.39 is 35.9 Å². The predicted octanol–water partition coefficient (Wildman–Crippen LogP) is 3.68. The van der Waals surface area contributed by atoms with Gasteiger partial charge in [-0.1, -0.05) is 36.4 Å². The number of carbonyl (C=O) groups excluding carboxylic acids is 1. The van der Waals surface area contributed by atoms with Crippen LogP contribution in [0, 0.1) is 12.8 Å². The smallest absolute Gasteiger partial charge is 0.481 e. The highest BCUT2D eigenvalue weighted by Gasteiger charge is 2.38. The van der Waals surface area contributed by atoms with Crippen molar-refractivity contribution in [3.63, 3.8) is 0 Å². The van der Waals surface area contributed by atoms with Gasteiger partial charge in [-0.15, -0.1) is 0 Å². The van der Waals surface area contributed by atoms with Gasteiger partial charge in [-0.3, -0.25) is 9.36 Å². The summed E-state index contributed by atoms with van der Waals surface area (Å²) in [6.45, 7) is 4.38. The second-order valence-electron chi connectivity index (χ2n) is 10.5. The first-order valence-electron chi connectivity index (χ1n) is 14.3. The highest BCUT2D eigenvalue weighted by Crippen LogP contribution is 2.22. The number of hydrogen-bond acceptors (Lipinski definition) is 9. The van der Waals surface area contributed by atoms with Crippen LogP contribution in [0.2, 0.25) is 0 Å². The third-order valence-corrected chi connectivity index (χ3v) is 6.94. The van der Waals surface area contributed by atoms with Gasteiger partial charge < -0.3 is 30.5 Å². The molecule has 1 fully saturated rings. The number of halogens is 3. The summed E-state index contributed by atoms with van der Waals surface area (Å²) >= 11 is 0. The van der Waals surface area contributed by atoms with Crippen molar-refractivity contribution in [1.29, 1.82) is 0 Å². The zero-order chi connectivity index (χ0) is 33.7. The molecule has 1 unspecified atom stereocenters. The number of alkyl halides is 3. The van der Waals surface area contributed by atoms with Gasteiger partial charge in [-0.2, -0.15) is 18.2 Å². The van der Waals surface area contributed by atoms with Crippen LogP contribution < -0.4 is 21.2 Å². The maximum Gasteiger partial charge on any atom is 0.490 e. The summed E-state index contributed by atoms with van der Waals surface area (Å²) in [7, 11) is 0. The van der Waals surface area contributed by atoms with Gasteiger partial charge in [0.25, 0.3) is 0 Å². The Bertz CT molecular complexity index is 1500. The Morgan fingerprint density at radius 3 is 2.30 bits per heavy atom. The summed E-state index contributed by atoms with van der Waals surface area (Å²) in [5.74, 6) is -1.92. The second-order valence-corrected chi connectivity index (χ2v) is 10.5. The molecule has 1 atom stereocenters. The Hall–Kier alpha value is -5.15. The van der Waals surface area contributed by atoms with Gasteiger partial charge in [-0.25, -0.2) is 19.4 Å². The van der Waals surface area contributed by atoms with Crippen LogP contribution in [0.5, 0.6) is 0 Å². The standard InChI is InChI=1S/C28H34N6O5.C2HF3O2/c1-20-17-34(18-23(15-25(35)36)31-28(38)39-19-22-7-3-2-4-8-22)27(37)32-26(20)30-16-21-10-13-33(14-11-21)24-9-5-6-12-29-24;3-2(4,5)1(6)7/h2-9,12,17,21,23H,10-11,13-16,18-19H2,1H3,(H,31,38)(H,35,36)(H,30,32,37);(H,6,7). The van der Waals surface area contributed by atoms with Crippen molar-refractivity contribution >= 4 is 29.7 Å². The van der Waals surface area contributed by atoms with Gasteiger partial charge in [0, 0.05) is 44.1 Å². The average Bonchev–Trinajstić information content (AvgIpc) is 3.01. The van der Waals surface area contributed by atoms with Crippen molar-refractivity contribution in [3.05, 3.63) is 82.5 Å². The van der Waals surface area contributed by atoms with Crippen molar-refractivity contribution in [3.8, 4) is 0 Å². The normalized spacial score (nSPS) is 14.0. The fourth-order valence-electron chi connectivity index (χ4n) is 4.60. The number of piperidine rings is 1. The van der Waals surface area contributed by atoms with Crippen molar-refractivity contribution in [2.24, 2.45) is 5.92 Å². The molecule has 3 aromatic rings. The number of anilines is 2. The van der Waals surface area contributed by atoms with Gasteiger partial charge in [0.05, 0.1) is 12.5 Å². The number of ether oxygens (including phenoxy) is 1. The van der Waals surface area contributed by atoms with E-state index in [2.05, 4.69) is 25.5 Å². The van der Waals surface area contributed by atoms with Crippen molar-refractivity contribution in [2.45, 2.75) is 51.6 Å². The molecule has 1 aliphatic heterocycles. The summed E-state index contributed by atoms with van der Waals surface area (Å²) in [6.07, 6.45) is -0.770. The van der Waals surface area contributed by atoms with Crippen LogP contribution in [0.3, 0.4) is 0 Å². The Kier molecular flexibility index (Phi) is 12.9. The molecule has 4 N–H and O–H groups in total. The molecule has 0 spiro atoms. The number of rotatable bonds is 11. The number of alkyl carbamates (subject to hydrolysis) is 1. The van der Waals surface area contributed by atoms with Crippen LogP contribution in [0.25, 0.3) is 0 Å². The van der Waals surface area contributed by atoms with E-state index in [1.165, 1.54) is 4.57 Å². The Labute approximate surface area is 262 Å². The Morgan fingerprint density at radius 2 is 1.72 bits per heavy atom. The van der Waals surface area contributed by atoms with Crippen LogP contribution in [-0.4, -0.2) is 74.6 Å². The largest absolute Gasteiger partial charge is 0.490 e. The summed E-state index contributed by atoms with van der Waals surface area (Å²) in [6, 6.07) is 14.2. The van der Waals surface area contributed by atoms with E-state index in [0.717, 1.165) is 42.9 Å². The molecular formula is C30H35F3N6O7. The van der Waals surface area contributed by atoms with E-state index in [9.17, 15) is 32.7 Å². The lowest BCUT2D eigenvalue weighted by Gasteiger charge is -2.33. The number of amides is 1. The summed E-state index contributed by atoms with van der Waals surface area (Å²) < 4.78 is 38.3.